The maximum atomic E-state index is 5.65. The van der Waals surface area contributed by atoms with E-state index in [9.17, 15) is 0 Å². The Hall–Kier alpha value is -0.830. The van der Waals surface area contributed by atoms with Gasteiger partial charge in [-0.05, 0) is 32.1 Å². The van der Waals surface area contributed by atoms with Crippen LogP contribution < -0.4 is 5.73 Å². The molecular weight excluding hydrogens is 306 g/mol. The van der Waals surface area contributed by atoms with Gasteiger partial charge in [0.25, 0.3) is 0 Å². The van der Waals surface area contributed by atoms with E-state index in [2.05, 4.69) is 29.0 Å². The normalized spacial score (nSPS) is 14.6. The second-order valence-corrected chi connectivity index (χ2v) is 7.41. The standard InChI is InChI=1S/C22H43N3/c1-2-3-4-5-6-7-8-9-10-11-12-13-14-15-16-17-22-24-19-21-25(22)20-18-23/h10-11H,2-9,12-21,23H2,1H3/b11-10+. The molecule has 2 N–H and O–H groups in total. The first-order valence-corrected chi connectivity index (χ1v) is 11.0. The highest BCUT2D eigenvalue weighted by Gasteiger charge is 2.14. The third-order valence-electron chi connectivity index (χ3n) is 5.09. The van der Waals surface area contributed by atoms with Crippen molar-refractivity contribution < 1.29 is 0 Å². The molecule has 1 heterocycles. The van der Waals surface area contributed by atoms with Gasteiger partial charge in [-0.1, -0.05) is 70.4 Å². The van der Waals surface area contributed by atoms with Crippen molar-refractivity contribution in [1.82, 2.24) is 4.90 Å². The highest BCUT2D eigenvalue weighted by Crippen LogP contribution is 2.12. The van der Waals surface area contributed by atoms with Crippen molar-refractivity contribution in [2.75, 3.05) is 26.2 Å². The zero-order valence-electron chi connectivity index (χ0n) is 16.9. The lowest BCUT2D eigenvalue weighted by atomic mass is 10.1. The fourth-order valence-corrected chi connectivity index (χ4v) is 3.52. The molecule has 0 spiro atoms. The highest BCUT2D eigenvalue weighted by molar-refractivity contribution is 5.83. The van der Waals surface area contributed by atoms with E-state index in [-0.39, 0.29) is 0 Å². The third-order valence-corrected chi connectivity index (χ3v) is 5.09. The molecule has 0 aromatic carbocycles. The van der Waals surface area contributed by atoms with Crippen LogP contribution in [0, 0.1) is 0 Å². The maximum Gasteiger partial charge on any atom is 0.0990 e. The quantitative estimate of drug-likeness (QED) is 0.270. The van der Waals surface area contributed by atoms with Gasteiger partial charge in [-0.3, -0.25) is 4.99 Å². The van der Waals surface area contributed by atoms with Crippen molar-refractivity contribution in [2.24, 2.45) is 10.7 Å². The number of nitrogens with zero attached hydrogens (tertiary/aromatic N) is 2. The molecule has 0 saturated carbocycles. The number of hydrogen-bond acceptors (Lipinski definition) is 3. The predicted octanol–water partition coefficient (Wildman–Crippen LogP) is 5.70. The van der Waals surface area contributed by atoms with E-state index in [1.165, 1.54) is 89.3 Å². The predicted molar refractivity (Wildman–Crippen MR) is 112 cm³/mol. The second kappa shape index (κ2) is 16.6. The van der Waals surface area contributed by atoms with Crippen molar-refractivity contribution in [3.63, 3.8) is 0 Å². The molecule has 3 nitrogen and oxygen atoms in total. The summed E-state index contributed by atoms with van der Waals surface area (Å²) in [4.78, 5) is 6.98. The van der Waals surface area contributed by atoms with Crippen molar-refractivity contribution >= 4 is 5.84 Å². The first kappa shape index (κ1) is 22.2. The molecule has 0 bridgehead atoms. The van der Waals surface area contributed by atoms with Crippen molar-refractivity contribution in [3.05, 3.63) is 12.2 Å². The Bertz CT molecular complexity index is 349. The minimum atomic E-state index is 0.740. The highest BCUT2D eigenvalue weighted by atomic mass is 15.2. The van der Waals surface area contributed by atoms with Crippen LogP contribution in [0.15, 0.2) is 17.1 Å². The van der Waals surface area contributed by atoms with Crippen molar-refractivity contribution in [1.29, 1.82) is 0 Å². The first-order valence-electron chi connectivity index (χ1n) is 11.0. The molecule has 0 aliphatic carbocycles. The van der Waals surface area contributed by atoms with Gasteiger partial charge in [0.1, 0.15) is 0 Å². The number of aliphatic imine (C=N–C) groups is 1. The molecular formula is C22H43N3. The topological polar surface area (TPSA) is 41.6 Å². The second-order valence-electron chi connectivity index (χ2n) is 7.41. The molecule has 146 valence electrons. The molecule has 0 saturated heterocycles. The summed E-state index contributed by atoms with van der Waals surface area (Å²) in [7, 11) is 0. The Balaban J connectivity index is 1.82. The summed E-state index contributed by atoms with van der Waals surface area (Å²) in [6.07, 6.45) is 23.7. The Morgan fingerprint density at radius 2 is 1.48 bits per heavy atom. The van der Waals surface area contributed by atoms with Gasteiger partial charge in [0.05, 0.1) is 12.4 Å². The zero-order valence-corrected chi connectivity index (χ0v) is 16.9. The molecule has 3 heteroatoms. The Morgan fingerprint density at radius 1 is 0.880 bits per heavy atom. The minimum Gasteiger partial charge on any atom is -0.357 e. The van der Waals surface area contributed by atoms with Crippen LogP contribution in [0.3, 0.4) is 0 Å². The Morgan fingerprint density at radius 3 is 2.12 bits per heavy atom. The van der Waals surface area contributed by atoms with Gasteiger partial charge in [-0.15, -0.1) is 0 Å². The molecule has 0 atom stereocenters. The van der Waals surface area contributed by atoms with Crippen molar-refractivity contribution in [2.45, 2.75) is 96.8 Å². The molecule has 1 aliphatic heterocycles. The zero-order chi connectivity index (χ0) is 18.0. The van der Waals surface area contributed by atoms with Gasteiger partial charge in [-0.25, -0.2) is 0 Å². The summed E-state index contributed by atoms with van der Waals surface area (Å²) in [5, 5.41) is 0. The molecule has 0 amide bonds. The molecule has 1 rings (SSSR count). The van der Waals surface area contributed by atoms with E-state index in [0.717, 1.165) is 32.6 Å². The van der Waals surface area contributed by atoms with E-state index in [0.29, 0.717) is 0 Å². The van der Waals surface area contributed by atoms with Crippen molar-refractivity contribution in [3.8, 4) is 0 Å². The van der Waals surface area contributed by atoms with Crippen LogP contribution in [0.5, 0.6) is 0 Å². The Kier molecular flexibility index (Phi) is 14.8. The van der Waals surface area contributed by atoms with Gasteiger partial charge in [-0.2, -0.15) is 0 Å². The molecule has 0 unspecified atom stereocenters. The van der Waals surface area contributed by atoms with Crippen LogP contribution in [0.2, 0.25) is 0 Å². The summed E-state index contributed by atoms with van der Waals surface area (Å²) in [6.45, 7) is 6.05. The lowest BCUT2D eigenvalue weighted by molar-refractivity contribution is 0.456. The largest absolute Gasteiger partial charge is 0.357 e. The van der Waals surface area contributed by atoms with E-state index < -0.39 is 0 Å². The summed E-state index contributed by atoms with van der Waals surface area (Å²) >= 11 is 0. The molecule has 0 fully saturated rings. The summed E-state index contributed by atoms with van der Waals surface area (Å²) in [5.74, 6) is 1.31. The monoisotopic (exact) mass is 349 g/mol. The van der Waals surface area contributed by atoms with Crippen LogP contribution >= 0.6 is 0 Å². The first-order chi connectivity index (χ1) is 12.4. The summed E-state index contributed by atoms with van der Waals surface area (Å²) in [5.41, 5.74) is 5.65. The maximum absolute atomic E-state index is 5.65. The van der Waals surface area contributed by atoms with E-state index >= 15 is 0 Å². The lowest BCUT2D eigenvalue weighted by Crippen LogP contribution is -2.32. The van der Waals surface area contributed by atoms with Gasteiger partial charge >= 0.3 is 0 Å². The van der Waals surface area contributed by atoms with Crippen LogP contribution in [-0.4, -0.2) is 36.9 Å². The molecule has 1 aliphatic rings. The molecule has 0 radical (unpaired) electrons. The number of nitrogens with two attached hydrogens (primary N) is 1. The van der Waals surface area contributed by atoms with Gasteiger partial charge in [0.15, 0.2) is 0 Å². The summed E-state index contributed by atoms with van der Waals surface area (Å²) in [6, 6.07) is 0. The molecule has 25 heavy (non-hydrogen) atoms. The average Bonchev–Trinajstić information content (AvgIpc) is 3.06. The molecule has 0 aromatic rings. The number of hydrogen-bond donors (Lipinski definition) is 1. The number of rotatable bonds is 17. The van der Waals surface area contributed by atoms with Gasteiger partial charge in [0.2, 0.25) is 0 Å². The van der Waals surface area contributed by atoms with Gasteiger partial charge in [0, 0.05) is 26.1 Å². The minimum absolute atomic E-state index is 0.740. The third kappa shape index (κ3) is 12.2. The number of unbranched alkanes of at least 4 members (excludes halogenated alkanes) is 11. The fourth-order valence-electron chi connectivity index (χ4n) is 3.52. The van der Waals surface area contributed by atoms with Crippen LogP contribution in [0.1, 0.15) is 96.8 Å². The van der Waals surface area contributed by atoms with E-state index in [1.807, 2.05) is 0 Å². The fraction of sp³-hybridized carbons (Fsp3) is 0.864. The van der Waals surface area contributed by atoms with E-state index in [1.54, 1.807) is 0 Å². The van der Waals surface area contributed by atoms with Gasteiger partial charge < -0.3 is 10.6 Å². The SMILES string of the molecule is CCCCCCCCC/C=C/CCCCCCC1=NCCN1CCN. The summed E-state index contributed by atoms with van der Waals surface area (Å²) < 4.78 is 0. The molecule has 0 aromatic heterocycles. The number of amidine groups is 1. The van der Waals surface area contributed by atoms with Crippen LogP contribution in [0.25, 0.3) is 0 Å². The van der Waals surface area contributed by atoms with E-state index in [4.69, 9.17) is 5.73 Å². The van der Waals surface area contributed by atoms with Crippen LogP contribution in [0.4, 0.5) is 0 Å². The smallest absolute Gasteiger partial charge is 0.0990 e. The average molecular weight is 350 g/mol. The Labute approximate surface area is 157 Å². The number of allylic oxidation sites excluding steroid dienone is 2. The lowest BCUT2D eigenvalue weighted by Gasteiger charge is -2.19. The van der Waals surface area contributed by atoms with Crippen LogP contribution in [-0.2, 0) is 0 Å².